The molecule has 0 radical (unpaired) electrons. The van der Waals surface area contributed by atoms with Crippen LogP contribution in [0.1, 0.15) is 23.0 Å². The predicted molar refractivity (Wildman–Crippen MR) is 82.2 cm³/mol. The minimum absolute atomic E-state index is 0.614. The Bertz CT molecular complexity index is 958. The first-order valence-electron chi connectivity index (χ1n) is 6.99. The van der Waals surface area contributed by atoms with Crippen molar-refractivity contribution < 1.29 is 19.8 Å². The molecule has 2 N–H and O–H groups in total. The highest BCUT2D eigenvalue weighted by Gasteiger charge is 2.48. The summed E-state index contributed by atoms with van der Waals surface area (Å²) < 4.78 is 0. The molecule has 2 atom stereocenters. The molecular weight excluding hydrogens is 280 g/mol. The second-order valence-electron chi connectivity index (χ2n) is 5.62. The van der Waals surface area contributed by atoms with Crippen molar-refractivity contribution in [3.63, 3.8) is 0 Å². The van der Waals surface area contributed by atoms with Crippen molar-refractivity contribution in [3.8, 4) is 0 Å². The van der Waals surface area contributed by atoms with Gasteiger partial charge in [0.05, 0.1) is 11.8 Å². The Morgan fingerprint density at radius 3 is 2.05 bits per heavy atom. The van der Waals surface area contributed by atoms with E-state index < -0.39 is 23.8 Å². The molecule has 22 heavy (non-hydrogen) atoms. The molecule has 0 saturated heterocycles. The van der Waals surface area contributed by atoms with Gasteiger partial charge in [-0.15, -0.1) is 0 Å². The summed E-state index contributed by atoms with van der Waals surface area (Å²) >= 11 is 0. The van der Waals surface area contributed by atoms with E-state index in [1.807, 2.05) is 42.5 Å². The van der Waals surface area contributed by atoms with Crippen molar-refractivity contribution >= 4 is 33.5 Å². The third kappa shape index (κ3) is 1.58. The van der Waals surface area contributed by atoms with Crippen LogP contribution in [0.5, 0.6) is 0 Å². The largest absolute Gasteiger partial charge is 0.481 e. The molecular formula is C18H12O4. The third-order valence-corrected chi connectivity index (χ3v) is 4.47. The summed E-state index contributed by atoms with van der Waals surface area (Å²) in [5, 5.41) is 22.6. The van der Waals surface area contributed by atoms with Crippen LogP contribution in [0.15, 0.2) is 48.5 Å². The Balaban J connectivity index is 2.05. The monoisotopic (exact) mass is 292 g/mol. The highest BCUT2D eigenvalue weighted by molar-refractivity contribution is 6.06. The van der Waals surface area contributed by atoms with Gasteiger partial charge in [-0.3, -0.25) is 9.59 Å². The maximum absolute atomic E-state index is 11.5. The fraction of sp³-hybridized carbons (Fsp3) is 0.111. The van der Waals surface area contributed by atoms with E-state index in [-0.39, 0.29) is 0 Å². The maximum atomic E-state index is 11.5. The van der Waals surface area contributed by atoms with E-state index in [1.54, 1.807) is 6.07 Å². The molecule has 0 aromatic heterocycles. The van der Waals surface area contributed by atoms with Crippen molar-refractivity contribution in [3.05, 3.63) is 59.7 Å². The molecule has 0 bridgehead atoms. The van der Waals surface area contributed by atoms with E-state index in [9.17, 15) is 19.8 Å². The Morgan fingerprint density at radius 1 is 0.773 bits per heavy atom. The summed E-state index contributed by atoms with van der Waals surface area (Å²) in [7, 11) is 0. The number of hydrogen-bond donors (Lipinski definition) is 2. The number of benzene rings is 3. The van der Waals surface area contributed by atoms with Gasteiger partial charge in [0.15, 0.2) is 0 Å². The van der Waals surface area contributed by atoms with E-state index in [0.717, 1.165) is 21.5 Å². The number of rotatable bonds is 2. The number of hydrogen-bond acceptors (Lipinski definition) is 2. The lowest BCUT2D eigenvalue weighted by Crippen LogP contribution is -2.35. The standard InChI is InChI=1S/C18H12O4/c19-17(20)15-12-6-5-11-7-9-3-1-2-4-10(9)8-13(11)14(12)16(15)18(21)22/h1-8,15-16H,(H,19,20)(H,21,22). The Morgan fingerprint density at radius 2 is 1.41 bits per heavy atom. The summed E-state index contributed by atoms with van der Waals surface area (Å²) in [5.41, 5.74) is 1.26. The Kier molecular flexibility index (Phi) is 2.51. The lowest BCUT2D eigenvalue weighted by atomic mass is 9.66. The molecule has 4 nitrogen and oxygen atoms in total. The zero-order valence-electron chi connectivity index (χ0n) is 11.5. The fourth-order valence-electron chi connectivity index (χ4n) is 3.46. The van der Waals surface area contributed by atoms with Gasteiger partial charge in [0, 0.05) is 0 Å². The molecule has 0 spiro atoms. The minimum Gasteiger partial charge on any atom is -0.481 e. The van der Waals surface area contributed by atoms with E-state index in [2.05, 4.69) is 0 Å². The van der Waals surface area contributed by atoms with Crippen LogP contribution in [0, 0.1) is 0 Å². The van der Waals surface area contributed by atoms with Gasteiger partial charge in [-0.1, -0.05) is 36.4 Å². The quantitative estimate of drug-likeness (QED) is 0.710. The fourth-order valence-corrected chi connectivity index (χ4v) is 3.46. The first kappa shape index (κ1) is 12.8. The van der Waals surface area contributed by atoms with E-state index >= 15 is 0 Å². The maximum Gasteiger partial charge on any atom is 0.312 e. The Labute approximate surface area is 125 Å². The molecule has 0 amide bonds. The van der Waals surface area contributed by atoms with Crippen LogP contribution in [-0.2, 0) is 9.59 Å². The first-order chi connectivity index (χ1) is 10.6. The van der Waals surface area contributed by atoms with Gasteiger partial charge in [0.1, 0.15) is 0 Å². The minimum atomic E-state index is -1.08. The number of carboxylic acids is 2. The van der Waals surface area contributed by atoms with Crippen molar-refractivity contribution in [2.45, 2.75) is 11.8 Å². The first-order valence-corrected chi connectivity index (χ1v) is 6.99. The van der Waals surface area contributed by atoms with E-state index in [4.69, 9.17) is 0 Å². The van der Waals surface area contributed by atoms with Crippen LogP contribution < -0.4 is 0 Å². The molecule has 3 aromatic carbocycles. The molecule has 108 valence electrons. The summed E-state index contributed by atoms with van der Waals surface area (Å²) in [6.45, 7) is 0. The molecule has 0 fully saturated rings. The van der Waals surface area contributed by atoms with Crippen LogP contribution in [0.2, 0.25) is 0 Å². The molecule has 3 aromatic rings. The average molecular weight is 292 g/mol. The Hall–Kier alpha value is -2.88. The topological polar surface area (TPSA) is 74.6 Å². The molecule has 1 aliphatic rings. The average Bonchev–Trinajstić information content (AvgIpc) is 2.44. The molecule has 2 unspecified atom stereocenters. The van der Waals surface area contributed by atoms with Crippen molar-refractivity contribution in [2.75, 3.05) is 0 Å². The van der Waals surface area contributed by atoms with E-state index in [0.29, 0.717) is 11.1 Å². The van der Waals surface area contributed by atoms with Crippen LogP contribution in [0.4, 0.5) is 0 Å². The van der Waals surface area contributed by atoms with E-state index in [1.165, 1.54) is 0 Å². The normalized spacial score (nSPS) is 19.6. The summed E-state index contributed by atoms with van der Waals surface area (Å²) in [6.07, 6.45) is 0. The summed E-state index contributed by atoms with van der Waals surface area (Å²) in [4.78, 5) is 22.8. The number of aliphatic carboxylic acids is 2. The molecule has 0 heterocycles. The second-order valence-corrected chi connectivity index (χ2v) is 5.62. The van der Waals surface area contributed by atoms with Gasteiger partial charge in [0.2, 0.25) is 0 Å². The summed E-state index contributed by atoms with van der Waals surface area (Å²) in [5.74, 6) is -4.10. The van der Waals surface area contributed by atoms with Crippen LogP contribution in [-0.4, -0.2) is 22.2 Å². The summed E-state index contributed by atoms with van der Waals surface area (Å²) in [6, 6.07) is 15.4. The van der Waals surface area contributed by atoms with Crippen LogP contribution >= 0.6 is 0 Å². The van der Waals surface area contributed by atoms with Gasteiger partial charge in [-0.2, -0.15) is 0 Å². The lowest BCUT2D eigenvalue weighted by molar-refractivity contribution is -0.148. The third-order valence-electron chi connectivity index (χ3n) is 4.47. The van der Waals surface area contributed by atoms with Crippen LogP contribution in [0.25, 0.3) is 21.5 Å². The van der Waals surface area contributed by atoms with Gasteiger partial charge in [-0.05, 0) is 44.8 Å². The van der Waals surface area contributed by atoms with Gasteiger partial charge < -0.3 is 10.2 Å². The van der Waals surface area contributed by atoms with Crippen molar-refractivity contribution in [2.24, 2.45) is 0 Å². The van der Waals surface area contributed by atoms with Gasteiger partial charge in [0.25, 0.3) is 0 Å². The molecule has 4 heteroatoms. The lowest BCUT2D eigenvalue weighted by Gasteiger charge is -2.35. The molecule has 0 saturated carbocycles. The number of carbonyl (C=O) groups is 2. The zero-order chi connectivity index (χ0) is 15.4. The number of carboxylic acid groups (broad SMARTS) is 2. The predicted octanol–water partition coefficient (Wildman–Crippen LogP) is 3.34. The van der Waals surface area contributed by atoms with Gasteiger partial charge >= 0.3 is 11.9 Å². The molecule has 1 aliphatic carbocycles. The van der Waals surface area contributed by atoms with Crippen molar-refractivity contribution in [1.29, 1.82) is 0 Å². The van der Waals surface area contributed by atoms with Crippen LogP contribution in [0.3, 0.4) is 0 Å². The molecule has 4 rings (SSSR count). The highest BCUT2D eigenvalue weighted by atomic mass is 16.4. The number of fused-ring (bicyclic) bond motifs is 4. The SMILES string of the molecule is O=C(O)C1c2ccc3cc4ccccc4cc3c2C1C(=O)O. The highest BCUT2D eigenvalue weighted by Crippen LogP contribution is 2.50. The zero-order valence-corrected chi connectivity index (χ0v) is 11.5. The second kappa shape index (κ2) is 4.31. The van der Waals surface area contributed by atoms with Gasteiger partial charge in [-0.25, -0.2) is 0 Å². The smallest absolute Gasteiger partial charge is 0.312 e. The van der Waals surface area contributed by atoms with Crippen molar-refractivity contribution in [1.82, 2.24) is 0 Å². The molecule has 0 aliphatic heterocycles.